The first-order chi connectivity index (χ1) is 9.72. The van der Waals surface area contributed by atoms with Gasteiger partial charge in [-0.15, -0.1) is 0 Å². The predicted octanol–water partition coefficient (Wildman–Crippen LogP) is 2.01. The number of aromatic nitrogens is 1. The molecule has 20 heavy (non-hydrogen) atoms. The number of hydrogen-bond acceptors (Lipinski definition) is 3. The van der Waals surface area contributed by atoms with Crippen molar-refractivity contribution in [1.82, 2.24) is 10.3 Å². The Hall–Kier alpha value is -2.36. The van der Waals surface area contributed by atoms with E-state index in [0.717, 1.165) is 18.5 Å². The highest BCUT2D eigenvalue weighted by atomic mass is 16.1. The Morgan fingerprint density at radius 3 is 2.95 bits per heavy atom. The van der Waals surface area contributed by atoms with Crippen LogP contribution in [0.25, 0.3) is 0 Å². The lowest BCUT2D eigenvalue weighted by molar-refractivity contribution is -0.121. The first-order valence-corrected chi connectivity index (χ1v) is 6.80. The minimum absolute atomic E-state index is 0.00368. The smallest absolute Gasteiger partial charge is 0.226 e. The van der Waals surface area contributed by atoms with Crippen LogP contribution >= 0.6 is 0 Å². The van der Waals surface area contributed by atoms with E-state index in [0.29, 0.717) is 12.1 Å². The standard InChI is InChI=1S/C16H17N3O/c17-12-6-7-13(18-10-12)9-16(20)19-15-8-5-11-3-1-2-4-14(11)15/h1-4,6-7,10,15H,5,8-9,17H2,(H,19,20). The molecule has 0 fully saturated rings. The van der Waals surface area contributed by atoms with E-state index < -0.39 is 0 Å². The average Bonchev–Trinajstić information content (AvgIpc) is 2.85. The van der Waals surface area contributed by atoms with Gasteiger partial charge in [0.05, 0.1) is 24.3 Å². The number of nitrogen functional groups attached to an aromatic ring is 1. The van der Waals surface area contributed by atoms with Crippen LogP contribution in [0.4, 0.5) is 5.69 Å². The molecule has 1 aliphatic rings. The van der Waals surface area contributed by atoms with Gasteiger partial charge < -0.3 is 11.1 Å². The number of nitrogens with one attached hydrogen (secondary N) is 1. The van der Waals surface area contributed by atoms with E-state index in [9.17, 15) is 4.79 Å². The molecule has 0 saturated heterocycles. The molecule has 1 heterocycles. The summed E-state index contributed by atoms with van der Waals surface area (Å²) in [4.78, 5) is 16.2. The van der Waals surface area contributed by atoms with Crippen LogP contribution in [0.15, 0.2) is 42.6 Å². The lowest BCUT2D eigenvalue weighted by Gasteiger charge is -2.14. The van der Waals surface area contributed by atoms with E-state index in [4.69, 9.17) is 5.73 Å². The van der Waals surface area contributed by atoms with Gasteiger partial charge in [0.1, 0.15) is 0 Å². The second kappa shape index (κ2) is 5.33. The molecule has 0 aliphatic heterocycles. The van der Waals surface area contributed by atoms with Crippen LogP contribution in [0.5, 0.6) is 0 Å². The summed E-state index contributed by atoms with van der Waals surface area (Å²) in [5.74, 6) is 0.00368. The Balaban J connectivity index is 1.64. The van der Waals surface area contributed by atoms with Crippen molar-refractivity contribution >= 4 is 11.6 Å². The Kier molecular flexibility index (Phi) is 3.37. The number of aryl methyl sites for hydroxylation is 1. The number of pyridine rings is 1. The zero-order valence-corrected chi connectivity index (χ0v) is 11.2. The summed E-state index contributed by atoms with van der Waals surface area (Å²) in [6.45, 7) is 0. The highest BCUT2D eigenvalue weighted by Crippen LogP contribution is 2.30. The summed E-state index contributed by atoms with van der Waals surface area (Å²) in [5, 5.41) is 3.09. The van der Waals surface area contributed by atoms with Crippen LogP contribution < -0.4 is 11.1 Å². The first kappa shape index (κ1) is 12.7. The van der Waals surface area contributed by atoms with Gasteiger partial charge in [0.15, 0.2) is 0 Å². The van der Waals surface area contributed by atoms with Crippen molar-refractivity contribution in [3.63, 3.8) is 0 Å². The molecule has 1 amide bonds. The molecule has 102 valence electrons. The van der Waals surface area contributed by atoms with Crippen molar-refractivity contribution in [3.8, 4) is 0 Å². The summed E-state index contributed by atoms with van der Waals surface area (Å²) in [7, 11) is 0. The molecule has 4 nitrogen and oxygen atoms in total. The van der Waals surface area contributed by atoms with Crippen LogP contribution in [0.3, 0.4) is 0 Å². The van der Waals surface area contributed by atoms with Gasteiger partial charge >= 0.3 is 0 Å². The number of fused-ring (bicyclic) bond motifs is 1. The molecule has 0 radical (unpaired) electrons. The van der Waals surface area contributed by atoms with E-state index >= 15 is 0 Å². The second-order valence-corrected chi connectivity index (χ2v) is 5.12. The maximum absolute atomic E-state index is 12.1. The largest absolute Gasteiger partial charge is 0.397 e. The number of hydrogen-bond donors (Lipinski definition) is 2. The fourth-order valence-corrected chi connectivity index (χ4v) is 2.66. The number of anilines is 1. The van der Waals surface area contributed by atoms with Crippen molar-refractivity contribution in [3.05, 3.63) is 59.4 Å². The number of nitrogens with two attached hydrogens (primary N) is 1. The van der Waals surface area contributed by atoms with E-state index in [2.05, 4.69) is 22.4 Å². The Bertz CT molecular complexity index is 622. The first-order valence-electron chi connectivity index (χ1n) is 6.80. The van der Waals surface area contributed by atoms with E-state index in [1.165, 1.54) is 11.1 Å². The summed E-state index contributed by atoms with van der Waals surface area (Å²) < 4.78 is 0. The number of benzene rings is 1. The zero-order valence-electron chi connectivity index (χ0n) is 11.2. The van der Waals surface area contributed by atoms with Crippen LogP contribution in [0.2, 0.25) is 0 Å². The fraction of sp³-hybridized carbons (Fsp3) is 0.250. The van der Waals surface area contributed by atoms with Gasteiger partial charge in [0, 0.05) is 5.69 Å². The molecule has 3 N–H and O–H groups in total. The fourth-order valence-electron chi connectivity index (χ4n) is 2.66. The molecule has 3 rings (SSSR count). The zero-order chi connectivity index (χ0) is 13.9. The van der Waals surface area contributed by atoms with Crippen molar-refractivity contribution < 1.29 is 4.79 Å². The number of amides is 1. The quantitative estimate of drug-likeness (QED) is 0.894. The molecule has 2 aromatic rings. The minimum atomic E-state index is 0.00368. The lowest BCUT2D eigenvalue weighted by Crippen LogP contribution is -2.28. The van der Waals surface area contributed by atoms with Crippen LogP contribution in [0, 0.1) is 0 Å². The van der Waals surface area contributed by atoms with E-state index in [-0.39, 0.29) is 11.9 Å². The minimum Gasteiger partial charge on any atom is -0.397 e. The van der Waals surface area contributed by atoms with Gasteiger partial charge in [-0.3, -0.25) is 9.78 Å². The molecule has 1 aromatic heterocycles. The van der Waals surface area contributed by atoms with Crippen molar-refractivity contribution in [1.29, 1.82) is 0 Å². The lowest BCUT2D eigenvalue weighted by atomic mass is 10.1. The number of carbonyl (C=O) groups excluding carboxylic acids is 1. The monoisotopic (exact) mass is 267 g/mol. The highest BCUT2D eigenvalue weighted by Gasteiger charge is 2.23. The van der Waals surface area contributed by atoms with Crippen molar-refractivity contribution in [2.45, 2.75) is 25.3 Å². The van der Waals surface area contributed by atoms with Crippen LogP contribution in [-0.2, 0) is 17.6 Å². The highest BCUT2D eigenvalue weighted by molar-refractivity contribution is 5.78. The molecule has 0 bridgehead atoms. The number of carbonyl (C=O) groups is 1. The third kappa shape index (κ3) is 2.64. The summed E-state index contributed by atoms with van der Waals surface area (Å²) in [6, 6.07) is 12.0. The van der Waals surface area contributed by atoms with Crippen LogP contribution in [-0.4, -0.2) is 10.9 Å². The van der Waals surface area contributed by atoms with Crippen LogP contribution in [0.1, 0.15) is 29.3 Å². The molecule has 1 aromatic carbocycles. The Morgan fingerprint density at radius 2 is 2.15 bits per heavy atom. The molecule has 0 spiro atoms. The van der Waals surface area contributed by atoms with Gasteiger partial charge in [-0.1, -0.05) is 24.3 Å². The van der Waals surface area contributed by atoms with Crippen molar-refractivity contribution in [2.24, 2.45) is 0 Å². The molecular weight excluding hydrogens is 250 g/mol. The Morgan fingerprint density at radius 1 is 1.30 bits per heavy atom. The topological polar surface area (TPSA) is 68.0 Å². The molecule has 1 aliphatic carbocycles. The second-order valence-electron chi connectivity index (χ2n) is 5.12. The van der Waals surface area contributed by atoms with E-state index in [1.807, 2.05) is 12.1 Å². The molecular formula is C16H17N3O. The van der Waals surface area contributed by atoms with Gasteiger partial charge in [0.25, 0.3) is 0 Å². The summed E-state index contributed by atoms with van der Waals surface area (Å²) in [5.41, 5.74) is 9.51. The maximum Gasteiger partial charge on any atom is 0.226 e. The number of rotatable bonds is 3. The molecule has 1 atom stereocenters. The van der Waals surface area contributed by atoms with Gasteiger partial charge in [-0.25, -0.2) is 0 Å². The van der Waals surface area contributed by atoms with Crippen molar-refractivity contribution in [2.75, 3.05) is 5.73 Å². The molecule has 0 saturated carbocycles. The van der Waals surface area contributed by atoms with Gasteiger partial charge in [-0.2, -0.15) is 0 Å². The predicted molar refractivity (Wildman–Crippen MR) is 78.0 cm³/mol. The SMILES string of the molecule is Nc1ccc(CC(=O)NC2CCc3ccccc32)nc1. The third-order valence-electron chi connectivity index (χ3n) is 3.66. The molecule has 1 unspecified atom stereocenters. The Labute approximate surface area is 118 Å². The van der Waals surface area contributed by atoms with Gasteiger partial charge in [0.2, 0.25) is 5.91 Å². The summed E-state index contributed by atoms with van der Waals surface area (Å²) >= 11 is 0. The molecule has 4 heteroatoms. The number of nitrogens with zero attached hydrogens (tertiary/aromatic N) is 1. The average molecular weight is 267 g/mol. The van der Waals surface area contributed by atoms with Gasteiger partial charge in [-0.05, 0) is 36.1 Å². The van der Waals surface area contributed by atoms with E-state index in [1.54, 1.807) is 18.3 Å². The normalized spacial score (nSPS) is 16.7. The third-order valence-corrected chi connectivity index (χ3v) is 3.66. The summed E-state index contributed by atoms with van der Waals surface area (Å²) in [6.07, 6.45) is 3.87. The maximum atomic E-state index is 12.1.